The molecule has 72 heavy (non-hydrogen) atoms. The van der Waals surface area contributed by atoms with Gasteiger partial charge in [0.15, 0.2) is 5.72 Å². The number of ether oxygens (including phenoxy) is 5. The molecule has 4 saturated heterocycles. The second kappa shape index (κ2) is 22.7. The van der Waals surface area contributed by atoms with Crippen molar-refractivity contribution in [1.29, 1.82) is 0 Å². The van der Waals surface area contributed by atoms with E-state index in [-0.39, 0.29) is 80.0 Å². The van der Waals surface area contributed by atoms with Crippen LogP contribution in [0.5, 0.6) is 5.75 Å². The number of methoxy groups -OCH3 is 2. The molecule has 4 bridgehead atoms. The average Bonchev–Trinajstić information content (AvgIpc) is 3.77. The van der Waals surface area contributed by atoms with Crippen molar-refractivity contribution in [2.24, 2.45) is 11.8 Å². The second-order valence-corrected chi connectivity index (χ2v) is 21.1. The van der Waals surface area contributed by atoms with Gasteiger partial charge in [0, 0.05) is 72.0 Å². The number of likely N-dealkylation sites (tertiary alicyclic amines) is 1. The fourth-order valence-electron chi connectivity index (χ4n) is 9.84. The van der Waals surface area contributed by atoms with Crippen molar-refractivity contribution in [2.45, 2.75) is 132 Å². The highest BCUT2D eigenvalue weighted by Gasteiger charge is 2.61. The van der Waals surface area contributed by atoms with E-state index >= 15 is 0 Å². The number of aliphatic hydroxyl groups is 1. The van der Waals surface area contributed by atoms with Gasteiger partial charge in [-0.25, -0.2) is 9.59 Å². The van der Waals surface area contributed by atoms with Gasteiger partial charge in [0.05, 0.1) is 36.5 Å². The monoisotopic (exact) mass is 1040 g/mol. The quantitative estimate of drug-likeness (QED) is 0.163. The number of nitrogens with one attached hydrogen (secondary N) is 1. The lowest BCUT2D eigenvalue weighted by molar-refractivity contribution is -0.201. The molecule has 21 nitrogen and oxygen atoms in total. The molecular formula is C49H62ClN5O16S. The summed E-state index contributed by atoms with van der Waals surface area (Å²) in [6.07, 6.45) is 2.28. The van der Waals surface area contributed by atoms with Crippen molar-refractivity contribution in [3.8, 4) is 5.75 Å². The molecule has 1 saturated carbocycles. The molecule has 1 aromatic rings. The number of epoxide rings is 1. The Hall–Kier alpha value is -5.55. The molecule has 5 fully saturated rings. The van der Waals surface area contributed by atoms with Crippen LogP contribution in [0, 0.1) is 11.8 Å². The molecule has 5 aliphatic heterocycles. The molecule has 1 aromatic carbocycles. The Morgan fingerprint density at radius 1 is 1.00 bits per heavy atom. The summed E-state index contributed by atoms with van der Waals surface area (Å²) in [7, 11) is 5.81. The van der Waals surface area contributed by atoms with Gasteiger partial charge in [-0.1, -0.05) is 35.4 Å². The lowest BCUT2D eigenvalue weighted by Gasteiger charge is -2.40. The van der Waals surface area contributed by atoms with Crippen LogP contribution in [0.1, 0.15) is 90.0 Å². The van der Waals surface area contributed by atoms with Crippen LogP contribution in [0.2, 0.25) is 5.02 Å². The smallest absolute Gasteiger partial charge is 0.409 e. The molecule has 3 unspecified atom stereocenters. The van der Waals surface area contributed by atoms with Gasteiger partial charge in [-0.15, -0.1) is 16.8 Å². The molecule has 5 heterocycles. The van der Waals surface area contributed by atoms with Gasteiger partial charge in [-0.3, -0.25) is 43.8 Å². The third kappa shape index (κ3) is 12.4. The summed E-state index contributed by atoms with van der Waals surface area (Å²) < 4.78 is 28.9. The molecular weight excluding hydrogens is 982 g/mol. The zero-order chi connectivity index (χ0) is 52.2. The van der Waals surface area contributed by atoms with Crippen LogP contribution in [-0.4, -0.2) is 162 Å². The number of anilines is 1. The van der Waals surface area contributed by atoms with E-state index in [1.807, 2.05) is 13.0 Å². The van der Waals surface area contributed by atoms with Crippen LogP contribution in [0.25, 0.3) is 0 Å². The molecule has 0 radical (unpaired) electrons. The van der Waals surface area contributed by atoms with Gasteiger partial charge in [0.2, 0.25) is 23.6 Å². The molecule has 0 aromatic heterocycles. The summed E-state index contributed by atoms with van der Waals surface area (Å²) in [5.41, 5.74) is -1.15. The maximum absolute atomic E-state index is 14.2. The van der Waals surface area contributed by atoms with E-state index in [0.29, 0.717) is 48.6 Å². The zero-order valence-electron chi connectivity index (χ0n) is 41.2. The number of esters is 1. The Morgan fingerprint density at radius 3 is 2.39 bits per heavy atom. The van der Waals surface area contributed by atoms with Gasteiger partial charge >= 0.3 is 18.0 Å². The van der Waals surface area contributed by atoms with Gasteiger partial charge in [-0.2, -0.15) is 0 Å². The fourth-order valence-corrected chi connectivity index (χ4v) is 11.3. The number of likely N-dealkylation sites (N-methyl/N-ethyl adjacent to an activating group) is 1. The van der Waals surface area contributed by atoms with Crippen molar-refractivity contribution in [1.82, 2.24) is 20.2 Å². The number of hydrogen-bond donors (Lipinski definition) is 2. The van der Waals surface area contributed by atoms with E-state index in [9.17, 15) is 48.3 Å². The highest BCUT2D eigenvalue weighted by atomic mass is 35.5. The first-order valence-corrected chi connectivity index (χ1v) is 25.4. The van der Waals surface area contributed by atoms with Crippen molar-refractivity contribution < 1.29 is 76.8 Å². The predicted molar refractivity (Wildman–Crippen MR) is 257 cm³/mol. The van der Waals surface area contributed by atoms with E-state index in [4.69, 9.17) is 40.1 Å². The lowest BCUT2D eigenvalue weighted by atomic mass is 9.82. The van der Waals surface area contributed by atoms with Crippen molar-refractivity contribution in [3.63, 3.8) is 0 Å². The van der Waals surface area contributed by atoms with E-state index in [1.54, 1.807) is 31.2 Å². The lowest BCUT2D eigenvalue weighted by Crippen LogP contribution is -2.62. The number of carbonyl (C=O) groups is 9. The van der Waals surface area contributed by atoms with Gasteiger partial charge in [-0.05, 0) is 69.6 Å². The van der Waals surface area contributed by atoms with E-state index in [1.165, 1.54) is 54.8 Å². The zero-order valence-corrected chi connectivity index (χ0v) is 42.8. The van der Waals surface area contributed by atoms with E-state index in [0.717, 1.165) is 11.1 Å². The Kier molecular flexibility index (Phi) is 17.1. The first-order valence-electron chi connectivity index (χ1n) is 24.0. The predicted octanol–water partition coefficient (Wildman–Crippen LogP) is 3.54. The maximum Gasteiger partial charge on any atom is 0.409 e. The minimum atomic E-state index is -1.87. The minimum Gasteiger partial charge on any atom is -0.495 e. The Labute approximate surface area is 426 Å². The van der Waals surface area contributed by atoms with Crippen LogP contribution in [0.15, 0.2) is 35.9 Å². The number of halogens is 1. The van der Waals surface area contributed by atoms with Gasteiger partial charge in [0.1, 0.15) is 41.2 Å². The molecule has 6 aliphatic rings. The SMILES string of the molecule is COc1cc2cc(c1Cl)N(C)C(=O)C[C@H](OC(=O)CN(C)C(=O)CCSC1CC(=O)N(C[C@H]3CC[C@H](C(=O)ON4C(=O)CCC4=O)CC3)C1=O)[C@]1(C)OC1CC1C[C@@](O)(NC(=O)O1)[C@H](OC)/C=C/C=C(\C)C2. The number of allylic oxidation sites excluding steroid dienone is 3. The molecule has 7 amide bonds. The molecule has 7 rings (SSSR count). The highest BCUT2D eigenvalue weighted by molar-refractivity contribution is 8.00. The third-order valence-electron chi connectivity index (χ3n) is 14.2. The maximum atomic E-state index is 14.2. The topological polar surface area (TPSA) is 258 Å². The number of carbonyl (C=O) groups excluding carboxylic acids is 9. The number of hydrogen-bond acceptors (Lipinski definition) is 17. The summed E-state index contributed by atoms with van der Waals surface area (Å²) in [6, 6.07) is 3.51. The van der Waals surface area contributed by atoms with Crippen LogP contribution in [0.3, 0.4) is 0 Å². The van der Waals surface area contributed by atoms with E-state index in [2.05, 4.69) is 5.32 Å². The minimum absolute atomic E-state index is 0.00114. The number of thioether (sulfide) groups is 1. The number of hydroxylamine groups is 2. The number of amides is 7. The van der Waals surface area contributed by atoms with Crippen LogP contribution in [0.4, 0.5) is 10.5 Å². The van der Waals surface area contributed by atoms with Gasteiger partial charge in [0.25, 0.3) is 11.8 Å². The molecule has 2 N–H and O–H groups in total. The standard InChI is InChI=1S/C49H62ClN5O16S/c1-27-8-7-9-35(67-6)49(65)24-31(68-47(64)51-49)21-37-48(2,70-37)36(23-41(59)53(4)32-19-29(18-27)20-33(66-5)44(32)50)69-43(61)26-52(3)38(56)16-17-72-34-22-42(60)54(45(34)62)25-28-10-12-30(13-11-28)46(63)71-55-39(57)14-15-40(55)58/h7-9,19-20,28,30-31,34-37,65H,10-18,21-26H2,1-6H3,(H,51,64)/b9-7+,27-8+/t28-,30-,31?,34?,35-,36+,37?,48+,49+/m1/s1. The second-order valence-electron chi connectivity index (χ2n) is 19.4. The number of benzene rings is 1. The number of alkyl carbamates (subject to hydrolysis) is 1. The largest absolute Gasteiger partial charge is 0.495 e. The summed E-state index contributed by atoms with van der Waals surface area (Å²) >= 11 is 7.94. The first-order chi connectivity index (χ1) is 34.1. The van der Waals surface area contributed by atoms with Crippen LogP contribution in [-0.2, 0) is 68.6 Å². The van der Waals surface area contributed by atoms with Gasteiger partial charge < -0.3 is 43.4 Å². The number of imide groups is 2. The Balaban J connectivity index is 0.954. The molecule has 1 aliphatic carbocycles. The molecule has 0 spiro atoms. The number of fused-ring (bicyclic) bond motifs is 5. The summed E-state index contributed by atoms with van der Waals surface area (Å²) in [5.74, 6) is -4.29. The molecule has 392 valence electrons. The summed E-state index contributed by atoms with van der Waals surface area (Å²) in [4.78, 5) is 126. The number of nitrogens with zero attached hydrogens (tertiary/aromatic N) is 4. The van der Waals surface area contributed by atoms with Crippen LogP contribution < -0.4 is 15.0 Å². The van der Waals surface area contributed by atoms with Crippen LogP contribution >= 0.6 is 23.4 Å². The molecule has 7 atom stereocenters. The first kappa shape index (κ1) is 54.2. The number of rotatable bonds is 13. The summed E-state index contributed by atoms with van der Waals surface area (Å²) in [5, 5.41) is 14.2. The van der Waals surface area contributed by atoms with Crippen molar-refractivity contribution >= 4 is 82.5 Å². The molecule has 23 heteroatoms. The highest BCUT2D eigenvalue weighted by Crippen LogP contribution is 2.47. The van der Waals surface area contributed by atoms with E-state index < -0.39 is 95.1 Å². The van der Waals surface area contributed by atoms with Crippen molar-refractivity contribution in [2.75, 3.05) is 52.1 Å². The third-order valence-corrected chi connectivity index (χ3v) is 15.8. The van der Waals surface area contributed by atoms with Crippen molar-refractivity contribution in [3.05, 3.63) is 46.5 Å². The summed E-state index contributed by atoms with van der Waals surface area (Å²) in [6.45, 7) is 3.23. The Morgan fingerprint density at radius 2 is 1.71 bits per heavy atom. The fraction of sp³-hybridized carbons (Fsp3) is 0.612. The Bertz CT molecular complexity index is 2400. The average molecular weight is 1040 g/mol. The normalized spacial score (nSPS) is 31.2.